The third-order valence-corrected chi connectivity index (χ3v) is 3.98. The molecule has 1 aliphatic heterocycles. The fraction of sp³-hybridized carbons (Fsp3) is 0.500. The first-order chi connectivity index (χ1) is 9.79. The Morgan fingerprint density at radius 2 is 2.20 bits per heavy atom. The third kappa shape index (κ3) is 3.45. The van der Waals surface area contributed by atoms with Gasteiger partial charge >= 0.3 is 0 Å². The third-order valence-electron chi connectivity index (χ3n) is 3.98. The first kappa shape index (κ1) is 13.3. The Morgan fingerprint density at radius 3 is 2.95 bits per heavy atom. The summed E-state index contributed by atoms with van der Waals surface area (Å²) in [6.07, 6.45) is 7.60. The lowest BCUT2D eigenvalue weighted by molar-refractivity contribution is 0.164. The molecule has 106 valence electrons. The molecule has 3 rings (SSSR count). The summed E-state index contributed by atoms with van der Waals surface area (Å²) in [6.45, 7) is 3.32. The molecule has 0 aliphatic carbocycles. The van der Waals surface area contributed by atoms with Crippen LogP contribution in [-0.4, -0.2) is 32.8 Å². The van der Waals surface area contributed by atoms with E-state index in [0.717, 1.165) is 25.4 Å². The van der Waals surface area contributed by atoms with Crippen molar-refractivity contribution in [2.45, 2.75) is 25.8 Å². The van der Waals surface area contributed by atoms with Crippen LogP contribution < -0.4 is 0 Å². The van der Waals surface area contributed by atoms with Gasteiger partial charge in [0.1, 0.15) is 0 Å². The molecule has 1 aliphatic rings. The Balaban J connectivity index is 1.56. The van der Waals surface area contributed by atoms with Gasteiger partial charge in [-0.3, -0.25) is 14.6 Å². The highest BCUT2D eigenvalue weighted by atomic mass is 15.3. The number of aryl methyl sites for hydroxylation is 1. The summed E-state index contributed by atoms with van der Waals surface area (Å²) in [4.78, 5) is 6.98. The van der Waals surface area contributed by atoms with Gasteiger partial charge in [0.15, 0.2) is 0 Å². The van der Waals surface area contributed by atoms with Crippen molar-refractivity contribution >= 4 is 0 Å². The molecular weight excluding hydrogens is 248 g/mol. The molecule has 0 bridgehead atoms. The smallest absolute Gasteiger partial charge is 0.0764 e. The van der Waals surface area contributed by atoms with E-state index in [1.807, 2.05) is 30.2 Å². The van der Waals surface area contributed by atoms with Crippen molar-refractivity contribution in [3.63, 3.8) is 0 Å². The number of rotatable bonds is 4. The van der Waals surface area contributed by atoms with Gasteiger partial charge in [-0.25, -0.2) is 0 Å². The maximum Gasteiger partial charge on any atom is 0.0764 e. The fourth-order valence-electron chi connectivity index (χ4n) is 3.05. The predicted molar refractivity (Wildman–Crippen MR) is 79.2 cm³/mol. The fourth-order valence-corrected chi connectivity index (χ4v) is 3.05. The molecule has 0 amide bonds. The van der Waals surface area contributed by atoms with E-state index < -0.39 is 0 Å². The van der Waals surface area contributed by atoms with E-state index in [4.69, 9.17) is 0 Å². The Kier molecular flexibility index (Phi) is 4.11. The quantitative estimate of drug-likeness (QED) is 0.854. The van der Waals surface area contributed by atoms with Crippen LogP contribution in [0.1, 0.15) is 24.2 Å². The summed E-state index contributed by atoms with van der Waals surface area (Å²) in [5, 5.41) is 4.48. The van der Waals surface area contributed by atoms with Gasteiger partial charge in [-0.1, -0.05) is 6.07 Å². The van der Waals surface area contributed by atoms with Crippen molar-refractivity contribution in [3.8, 4) is 0 Å². The van der Waals surface area contributed by atoms with E-state index in [0.29, 0.717) is 0 Å². The molecule has 1 saturated heterocycles. The van der Waals surface area contributed by atoms with Gasteiger partial charge in [-0.05, 0) is 49.9 Å². The lowest BCUT2D eigenvalue weighted by Gasteiger charge is -2.32. The summed E-state index contributed by atoms with van der Waals surface area (Å²) in [5.74, 6) is 0.724. The molecule has 2 aromatic heterocycles. The lowest BCUT2D eigenvalue weighted by atomic mass is 9.93. The van der Waals surface area contributed by atoms with E-state index in [1.54, 1.807) is 0 Å². The topological polar surface area (TPSA) is 34.0 Å². The summed E-state index contributed by atoms with van der Waals surface area (Å²) < 4.78 is 1.88. The molecule has 0 aromatic carbocycles. The van der Waals surface area contributed by atoms with Crippen LogP contribution in [-0.2, 0) is 20.0 Å². The summed E-state index contributed by atoms with van der Waals surface area (Å²) >= 11 is 0. The normalized spacial score (nSPS) is 20.1. The van der Waals surface area contributed by atoms with E-state index in [2.05, 4.69) is 33.2 Å². The van der Waals surface area contributed by atoms with Gasteiger partial charge in [0.05, 0.1) is 5.69 Å². The lowest BCUT2D eigenvalue weighted by Crippen LogP contribution is -2.36. The van der Waals surface area contributed by atoms with E-state index in [-0.39, 0.29) is 0 Å². The molecule has 1 fully saturated rings. The summed E-state index contributed by atoms with van der Waals surface area (Å²) in [7, 11) is 1.98. The van der Waals surface area contributed by atoms with Crippen LogP contribution in [0, 0.1) is 5.92 Å². The van der Waals surface area contributed by atoms with Crippen LogP contribution in [0.2, 0.25) is 0 Å². The van der Waals surface area contributed by atoms with Gasteiger partial charge in [-0.2, -0.15) is 5.10 Å². The Morgan fingerprint density at radius 1 is 1.25 bits per heavy atom. The average Bonchev–Trinajstić information content (AvgIpc) is 2.86. The zero-order chi connectivity index (χ0) is 13.8. The highest BCUT2D eigenvalue weighted by Crippen LogP contribution is 2.21. The molecule has 4 heteroatoms. The molecule has 0 spiro atoms. The Hall–Kier alpha value is -1.68. The van der Waals surface area contributed by atoms with Crippen molar-refractivity contribution < 1.29 is 0 Å². The summed E-state index contributed by atoms with van der Waals surface area (Å²) in [6, 6.07) is 8.31. The number of piperidine rings is 1. The highest BCUT2D eigenvalue weighted by molar-refractivity contribution is 5.05. The van der Waals surface area contributed by atoms with E-state index in [9.17, 15) is 0 Å². The number of hydrogen-bond donors (Lipinski definition) is 0. The van der Waals surface area contributed by atoms with Crippen LogP contribution in [0.15, 0.2) is 36.7 Å². The van der Waals surface area contributed by atoms with Crippen LogP contribution in [0.4, 0.5) is 0 Å². The molecule has 0 unspecified atom stereocenters. The molecule has 20 heavy (non-hydrogen) atoms. The van der Waals surface area contributed by atoms with Crippen LogP contribution >= 0.6 is 0 Å². The number of hydrogen-bond acceptors (Lipinski definition) is 3. The number of nitrogens with zero attached hydrogens (tertiary/aromatic N) is 4. The van der Waals surface area contributed by atoms with Crippen molar-refractivity contribution in [3.05, 3.63) is 48.0 Å². The zero-order valence-corrected chi connectivity index (χ0v) is 12.1. The zero-order valence-electron chi connectivity index (χ0n) is 12.1. The first-order valence-corrected chi connectivity index (χ1v) is 7.40. The molecule has 0 saturated carbocycles. The molecule has 0 radical (unpaired) electrons. The standard InChI is InChI=1S/C16H22N4/c1-19-10-7-16(18-19)13-20-9-4-5-14(12-20)11-15-6-2-3-8-17-15/h2-3,6-8,10,14H,4-5,9,11-13H2,1H3/t14-/m1/s1. The van der Waals surface area contributed by atoms with Crippen LogP contribution in [0.5, 0.6) is 0 Å². The first-order valence-electron chi connectivity index (χ1n) is 7.40. The van der Waals surface area contributed by atoms with Crippen molar-refractivity contribution in [1.29, 1.82) is 0 Å². The van der Waals surface area contributed by atoms with Crippen molar-refractivity contribution in [2.75, 3.05) is 13.1 Å². The number of likely N-dealkylation sites (tertiary alicyclic amines) is 1. The molecular formula is C16H22N4. The average molecular weight is 270 g/mol. The van der Waals surface area contributed by atoms with Gasteiger partial charge in [0.2, 0.25) is 0 Å². The predicted octanol–water partition coefficient (Wildman–Crippen LogP) is 2.27. The van der Waals surface area contributed by atoms with Gasteiger partial charge in [-0.15, -0.1) is 0 Å². The highest BCUT2D eigenvalue weighted by Gasteiger charge is 2.21. The molecule has 1 atom stereocenters. The van der Waals surface area contributed by atoms with E-state index >= 15 is 0 Å². The Bertz CT molecular complexity index is 534. The van der Waals surface area contributed by atoms with Crippen LogP contribution in [0.25, 0.3) is 0 Å². The van der Waals surface area contributed by atoms with Gasteiger partial charge < -0.3 is 0 Å². The largest absolute Gasteiger partial charge is 0.297 e. The van der Waals surface area contributed by atoms with Crippen LogP contribution in [0.3, 0.4) is 0 Å². The minimum Gasteiger partial charge on any atom is -0.297 e. The second-order valence-electron chi connectivity index (χ2n) is 5.75. The molecule has 4 nitrogen and oxygen atoms in total. The summed E-state index contributed by atoms with van der Waals surface area (Å²) in [5.41, 5.74) is 2.39. The maximum atomic E-state index is 4.48. The maximum absolute atomic E-state index is 4.48. The number of pyridine rings is 1. The Labute approximate surface area is 120 Å². The second kappa shape index (κ2) is 6.18. The SMILES string of the molecule is Cn1ccc(CN2CCC[C@H](Cc3ccccn3)C2)n1. The van der Waals surface area contributed by atoms with Gasteiger partial charge in [0.25, 0.3) is 0 Å². The van der Waals surface area contributed by atoms with Crippen molar-refractivity contribution in [1.82, 2.24) is 19.7 Å². The van der Waals surface area contributed by atoms with Gasteiger partial charge in [0, 0.05) is 38.2 Å². The molecule has 0 N–H and O–H groups in total. The second-order valence-corrected chi connectivity index (χ2v) is 5.75. The minimum atomic E-state index is 0.724. The number of aromatic nitrogens is 3. The molecule has 2 aromatic rings. The monoisotopic (exact) mass is 270 g/mol. The minimum absolute atomic E-state index is 0.724. The molecule has 3 heterocycles. The van der Waals surface area contributed by atoms with Crippen molar-refractivity contribution in [2.24, 2.45) is 13.0 Å². The van der Waals surface area contributed by atoms with E-state index in [1.165, 1.54) is 30.8 Å².